The van der Waals surface area contributed by atoms with Gasteiger partial charge in [-0.25, -0.2) is 0 Å². The lowest BCUT2D eigenvalue weighted by Gasteiger charge is -2.00. The Balaban J connectivity index is 2.13. The first-order valence-electron chi connectivity index (χ1n) is 4.66. The molecule has 1 rings (SSSR count). The highest BCUT2D eigenvalue weighted by Crippen LogP contribution is 1.98. The van der Waals surface area contributed by atoms with E-state index in [0.29, 0.717) is 0 Å². The average Bonchev–Trinajstić information content (AvgIpc) is 2.19. The molecule has 2 heteroatoms. The molecule has 0 fully saturated rings. The Kier molecular flexibility index (Phi) is 5.21. The molecule has 0 radical (unpaired) electrons. The zero-order valence-corrected chi connectivity index (χ0v) is 9.49. The topological polar surface area (TPSA) is 9.23 Å². The van der Waals surface area contributed by atoms with E-state index in [0.717, 1.165) is 13.0 Å². The maximum Gasteiger partial charge on any atom is 0.184 e. The molecule has 0 spiro atoms. The summed E-state index contributed by atoms with van der Waals surface area (Å²) in [6, 6.07) is 10.5. The molecule has 0 aliphatic heterocycles. The molecule has 1 nitrogen and oxygen atoms in total. The summed E-state index contributed by atoms with van der Waals surface area (Å²) in [6.07, 6.45) is 3.10. The van der Waals surface area contributed by atoms with E-state index in [1.165, 1.54) is 5.56 Å². The molecule has 70 valence electrons. The van der Waals surface area contributed by atoms with Crippen LogP contribution >= 0.6 is 0 Å². The summed E-state index contributed by atoms with van der Waals surface area (Å²) in [5.74, 6) is 0. The summed E-state index contributed by atoms with van der Waals surface area (Å²) in [5.41, 5.74) is 3.52. The van der Waals surface area contributed by atoms with Gasteiger partial charge in [-0.2, -0.15) is 0 Å². The van der Waals surface area contributed by atoms with Crippen molar-refractivity contribution in [2.45, 2.75) is 13.3 Å². The molecule has 13 heavy (non-hydrogen) atoms. The van der Waals surface area contributed by atoms with Crippen LogP contribution in [0.1, 0.15) is 12.5 Å². The second-order valence-corrected chi connectivity index (χ2v) is 4.09. The van der Waals surface area contributed by atoms with Gasteiger partial charge in [0.25, 0.3) is 0 Å². The van der Waals surface area contributed by atoms with Crippen LogP contribution in [0.2, 0.25) is 0 Å². The number of rotatable bonds is 5. The Hall–Kier alpha value is -0.863. The van der Waals surface area contributed by atoms with Gasteiger partial charge in [-0.05, 0) is 18.9 Å². The van der Waals surface area contributed by atoms with Gasteiger partial charge in [-0.3, -0.25) is 0 Å². The smallest absolute Gasteiger partial charge is 0.184 e. The quantitative estimate of drug-likeness (QED) is 0.511. The van der Waals surface area contributed by atoms with Crippen molar-refractivity contribution in [1.82, 2.24) is 0 Å². The molecule has 0 aliphatic rings. The van der Waals surface area contributed by atoms with Crippen LogP contribution in [0, 0.1) is 0 Å². The molecule has 0 aromatic heterocycles. The molecular formula is C11H16OSi. The van der Waals surface area contributed by atoms with Crippen molar-refractivity contribution in [2.75, 3.05) is 6.61 Å². The summed E-state index contributed by atoms with van der Waals surface area (Å²) in [5, 5.41) is 0. The fourth-order valence-electron chi connectivity index (χ4n) is 1.08. The summed E-state index contributed by atoms with van der Waals surface area (Å²) in [7, 11) is -0.385. The summed E-state index contributed by atoms with van der Waals surface area (Å²) in [6.45, 7) is 2.90. The number of benzene rings is 1. The molecule has 0 amide bonds. The number of hydrogen-bond donors (Lipinski definition) is 0. The van der Waals surface area contributed by atoms with E-state index < -0.39 is 0 Å². The van der Waals surface area contributed by atoms with Crippen molar-refractivity contribution in [3.63, 3.8) is 0 Å². The molecule has 0 atom stereocenters. The zero-order valence-electron chi connectivity index (χ0n) is 8.07. The van der Waals surface area contributed by atoms with E-state index in [1.54, 1.807) is 0 Å². The first kappa shape index (κ1) is 10.2. The monoisotopic (exact) mass is 192 g/mol. The van der Waals surface area contributed by atoms with Gasteiger partial charge in [-0.15, -0.1) is 0 Å². The first-order chi connectivity index (χ1) is 6.43. The van der Waals surface area contributed by atoms with Gasteiger partial charge in [0.05, 0.1) is 0 Å². The van der Waals surface area contributed by atoms with Crippen LogP contribution in [0.4, 0.5) is 0 Å². The molecule has 0 N–H and O–H groups in total. The summed E-state index contributed by atoms with van der Waals surface area (Å²) >= 11 is 0. The van der Waals surface area contributed by atoms with Gasteiger partial charge < -0.3 is 4.43 Å². The van der Waals surface area contributed by atoms with E-state index >= 15 is 0 Å². The maximum atomic E-state index is 5.53. The van der Waals surface area contributed by atoms with Gasteiger partial charge in [0.1, 0.15) is 0 Å². The van der Waals surface area contributed by atoms with E-state index in [9.17, 15) is 0 Å². The Morgan fingerprint density at radius 1 is 1.31 bits per heavy atom. The Labute approximate surface area is 82.4 Å². The van der Waals surface area contributed by atoms with Crippen molar-refractivity contribution in [3.05, 3.63) is 47.7 Å². The predicted molar refractivity (Wildman–Crippen MR) is 59.5 cm³/mol. The molecule has 0 heterocycles. The van der Waals surface area contributed by atoms with Crippen molar-refractivity contribution >= 4 is 9.76 Å². The minimum absolute atomic E-state index is 0.385. The van der Waals surface area contributed by atoms with Crippen molar-refractivity contribution in [3.8, 4) is 0 Å². The van der Waals surface area contributed by atoms with Crippen LogP contribution < -0.4 is 0 Å². The van der Waals surface area contributed by atoms with E-state index in [1.807, 2.05) is 13.0 Å². The lowest BCUT2D eigenvalue weighted by molar-refractivity contribution is 0.346. The highest BCUT2D eigenvalue weighted by Gasteiger charge is 1.89. The third-order valence-corrected chi connectivity index (χ3v) is 3.02. The zero-order chi connectivity index (χ0) is 9.36. The van der Waals surface area contributed by atoms with Crippen LogP contribution in [0.15, 0.2) is 42.1 Å². The van der Waals surface area contributed by atoms with Crippen molar-refractivity contribution in [2.24, 2.45) is 0 Å². The molecule has 1 aromatic carbocycles. The molecule has 0 bridgehead atoms. The predicted octanol–water partition coefficient (Wildman–Crippen LogP) is 1.86. The lowest BCUT2D eigenvalue weighted by Crippen LogP contribution is -2.00. The molecular weight excluding hydrogens is 176 g/mol. The van der Waals surface area contributed by atoms with Gasteiger partial charge in [-0.1, -0.05) is 42.1 Å². The van der Waals surface area contributed by atoms with Gasteiger partial charge >= 0.3 is 0 Å². The largest absolute Gasteiger partial charge is 0.419 e. The highest BCUT2D eigenvalue weighted by atomic mass is 28.2. The van der Waals surface area contributed by atoms with Gasteiger partial charge in [0.15, 0.2) is 9.76 Å². The van der Waals surface area contributed by atoms with Gasteiger partial charge in [0, 0.05) is 6.61 Å². The van der Waals surface area contributed by atoms with Gasteiger partial charge in [0.2, 0.25) is 0 Å². The average molecular weight is 192 g/mol. The van der Waals surface area contributed by atoms with Crippen LogP contribution in [-0.2, 0) is 10.8 Å². The highest BCUT2D eigenvalue weighted by molar-refractivity contribution is 6.34. The van der Waals surface area contributed by atoms with E-state index in [4.69, 9.17) is 4.43 Å². The minimum atomic E-state index is -0.385. The number of hydrogen-bond acceptors (Lipinski definition) is 1. The number of allylic oxidation sites excluding steroid dienone is 1. The molecule has 0 saturated carbocycles. The third kappa shape index (κ3) is 4.65. The van der Waals surface area contributed by atoms with Crippen LogP contribution in [0.5, 0.6) is 0 Å². The fourth-order valence-corrected chi connectivity index (χ4v) is 1.72. The molecule has 1 aromatic rings. The maximum absolute atomic E-state index is 5.53. The summed E-state index contributed by atoms with van der Waals surface area (Å²) < 4.78 is 5.53. The Bertz CT molecular complexity index is 244. The Morgan fingerprint density at radius 2 is 2.08 bits per heavy atom. The third-order valence-electron chi connectivity index (χ3n) is 1.83. The Morgan fingerprint density at radius 3 is 2.77 bits per heavy atom. The lowest BCUT2D eigenvalue weighted by atomic mass is 10.2. The van der Waals surface area contributed by atoms with Crippen LogP contribution in [-0.4, -0.2) is 16.4 Å². The second kappa shape index (κ2) is 6.63. The normalized spacial score (nSPS) is 11.8. The molecule has 0 aliphatic carbocycles. The molecule has 0 saturated heterocycles. The minimum Gasteiger partial charge on any atom is -0.419 e. The second-order valence-electron chi connectivity index (χ2n) is 2.88. The van der Waals surface area contributed by atoms with Crippen molar-refractivity contribution < 1.29 is 4.43 Å². The molecule has 0 unspecified atom stereocenters. The van der Waals surface area contributed by atoms with Crippen LogP contribution in [0.25, 0.3) is 0 Å². The SMILES string of the molecule is CC=C[SiH2]OCCc1ccccc1. The fraction of sp³-hybridized carbons (Fsp3) is 0.273. The van der Waals surface area contributed by atoms with E-state index in [2.05, 4.69) is 36.0 Å². The standard InChI is InChI=1S/C11H16OSi/c1-2-10-13-12-9-8-11-6-4-3-5-7-11/h2-7,10H,8-9,13H2,1H3. The summed E-state index contributed by atoms with van der Waals surface area (Å²) in [4.78, 5) is 0. The van der Waals surface area contributed by atoms with E-state index in [-0.39, 0.29) is 9.76 Å². The van der Waals surface area contributed by atoms with Crippen molar-refractivity contribution in [1.29, 1.82) is 0 Å². The first-order valence-corrected chi connectivity index (χ1v) is 6.05. The van der Waals surface area contributed by atoms with Crippen LogP contribution in [0.3, 0.4) is 0 Å².